The van der Waals surface area contributed by atoms with Crippen molar-refractivity contribution in [3.8, 4) is 0 Å². The van der Waals surface area contributed by atoms with Crippen LogP contribution in [0.2, 0.25) is 0 Å². The van der Waals surface area contributed by atoms with Crippen LogP contribution in [0, 0.1) is 0 Å². The summed E-state index contributed by atoms with van der Waals surface area (Å²) in [7, 11) is -1.18. The quantitative estimate of drug-likeness (QED) is 0.654. The molecule has 0 aromatic heterocycles. The third-order valence-electron chi connectivity index (χ3n) is 4.36. The highest BCUT2D eigenvalue weighted by atomic mass is 32.2. The van der Waals surface area contributed by atoms with Gasteiger partial charge in [0.25, 0.3) is 0 Å². The molecular formula is C18H23N3O2S. The summed E-state index contributed by atoms with van der Waals surface area (Å²) in [6.07, 6.45) is 1.53. The number of nitrogens with zero attached hydrogens (tertiary/aromatic N) is 1. The van der Waals surface area contributed by atoms with E-state index in [1.54, 1.807) is 7.05 Å². The van der Waals surface area contributed by atoms with Crippen LogP contribution in [0.4, 0.5) is 0 Å². The van der Waals surface area contributed by atoms with E-state index in [0.717, 1.165) is 13.0 Å². The molecule has 6 heteroatoms. The van der Waals surface area contributed by atoms with Crippen molar-refractivity contribution in [2.45, 2.75) is 18.9 Å². The highest BCUT2D eigenvalue weighted by Crippen LogP contribution is 2.18. The Morgan fingerprint density at radius 2 is 2.00 bits per heavy atom. The number of rotatable bonds is 4. The largest absolute Gasteiger partial charge is 0.356 e. The molecule has 1 atom stereocenters. The van der Waals surface area contributed by atoms with Crippen LogP contribution in [0.25, 0.3) is 10.8 Å². The molecule has 0 radical (unpaired) electrons. The van der Waals surface area contributed by atoms with Crippen LogP contribution in [0.5, 0.6) is 0 Å². The Morgan fingerprint density at radius 3 is 2.75 bits per heavy atom. The minimum atomic E-state index is -2.88. The smallest absolute Gasteiger partial charge is 0.191 e. The van der Waals surface area contributed by atoms with E-state index in [-0.39, 0.29) is 17.5 Å². The van der Waals surface area contributed by atoms with Gasteiger partial charge in [-0.15, -0.1) is 0 Å². The van der Waals surface area contributed by atoms with E-state index in [1.807, 2.05) is 6.07 Å². The van der Waals surface area contributed by atoms with Gasteiger partial charge in [-0.2, -0.15) is 0 Å². The Morgan fingerprint density at radius 1 is 1.21 bits per heavy atom. The van der Waals surface area contributed by atoms with Gasteiger partial charge in [-0.25, -0.2) is 8.42 Å². The zero-order valence-electron chi connectivity index (χ0n) is 13.8. The molecule has 1 heterocycles. The highest BCUT2D eigenvalue weighted by molar-refractivity contribution is 7.91. The fraction of sp³-hybridized carbons (Fsp3) is 0.389. The van der Waals surface area contributed by atoms with Crippen LogP contribution < -0.4 is 10.6 Å². The topological polar surface area (TPSA) is 70.6 Å². The lowest BCUT2D eigenvalue weighted by atomic mass is 10.0. The van der Waals surface area contributed by atoms with Crippen LogP contribution in [-0.2, 0) is 16.3 Å². The molecule has 2 aromatic rings. The molecule has 5 nitrogen and oxygen atoms in total. The first kappa shape index (κ1) is 16.8. The Labute approximate surface area is 143 Å². The molecule has 1 saturated heterocycles. The molecule has 1 aliphatic rings. The molecule has 24 heavy (non-hydrogen) atoms. The van der Waals surface area contributed by atoms with Crippen molar-refractivity contribution in [3.05, 3.63) is 48.0 Å². The zero-order valence-corrected chi connectivity index (χ0v) is 14.6. The normalized spacial score (nSPS) is 20.2. The lowest BCUT2D eigenvalue weighted by molar-refractivity contribution is 0.599. The Kier molecular flexibility index (Phi) is 5.04. The fourth-order valence-corrected chi connectivity index (χ4v) is 4.80. The molecule has 2 aromatic carbocycles. The summed E-state index contributed by atoms with van der Waals surface area (Å²) in [5.74, 6) is 1.12. The van der Waals surface area contributed by atoms with Crippen LogP contribution >= 0.6 is 0 Å². The molecule has 128 valence electrons. The lowest BCUT2D eigenvalue weighted by Crippen LogP contribution is -2.44. The van der Waals surface area contributed by atoms with E-state index in [9.17, 15) is 8.42 Å². The van der Waals surface area contributed by atoms with Crippen molar-refractivity contribution in [3.63, 3.8) is 0 Å². The second-order valence-electron chi connectivity index (χ2n) is 6.13. The monoisotopic (exact) mass is 345 g/mol. The molecule has 2 N–H and O–H groups in total. The van der Waals surface area contributed by atoms with Gasteiger partial charge in [0.05, 0.1) is 11.5 Å². The van der Waals surface area contributed by atoms with Crippen LogP contribution in [0.15, 0.2) is 47.5 Å². The van der Waals surface area contributed by atoms with Crippen LogP contribution in [0.3, 0.4) is 0 Å². The van der Waals surface area contributed by atoms with Gasteiger partial charge in [0, 0.05) is 19.6 Å². The predicted octanol–water partition coefficient (Wildman–Crippen LogP) is 1.73. The molecule has 1 fully saturated rings. The first-order chi connectivity index (χ1) is 11.6. The third-order valence-corrected chi connectivity index (χ3v) is 6.13. The molecule has 0 aliphatic carbocycles. The minimum absolute atomic E-state index is 0.0428. The summed E-state index contributed by atoms with van der Waals surface area (Å²) in [4.78, 5) is 4.19. The van der Waals surface area contributed by atoms with Crippen molar-refractivity contribution < 1.29 is 8.42 Å². The molecular weight excluding hydrogens is 322 g/mol. The lowest BCUT2D eigenvalue weighted by Gasteiger charge is -2.16. The molecule has 0 amide bonds. The van der Waals surface area contributed by atoms with E-state index >= 15 is 0 Å². The minimum Gasteiger partial charge on any atom is -0.356 e. The first-order valence-electron chi connectivity index (χ1n) is 8.22. The molecule has 0 spiro atoms. The van der Waals surface area contributed by atoms with Crippen molar-refractivity contribution >= 4 is 26.6 Å². The number of aliphatic imine (C=N–C) groups is 1. The van der Waals surface area contributed by atoms with E-state index in [2.05, 4.69) is 52.0 Å². The average Bonchev–Trinajstić information content (AvgIpc) is 2.92. The maximum absolute atomic E-state index is 11.5. The van der Waals surface area contributed by atoms with Gasteiger partial charge in [-0.05, 0) is 29.2 Å². The summed E-state index contributed by atoms with van der Waals surface area (Å²) < 4.78 is 23.1. The Hall–Kier alpha value is -2.08. The van der Waals surface area contributed by atoms with Gasteiger partial charge in [0.15, 0.2) is 15.8 Å². The van der Waals surface area contributed by atoms with Gasteiger partial charge in [0.1, 0.15) is 0 Å². The van der Waals surface area contributed by atoms with E-state index < -0.39 is 9.84 Å². The predicted molar refractivity (Wildman–Crippen MR) is 99.2 cm³/mol. The summed E-state index contributed by atoms with van der Waals surface area (Å²) in [5, 5.41) is 9.00. The number of hydrogen-bond acceptors (Lipinski definition) is 3. The third kappa shape index (κ3) is 4.06. The number of fused-ring (bicyclic) bond motifs is 1. The van der Waals surface area contributed by atoms with Crippen molar-refractivity contribution in [1.82, 2.24) is 10.6 Å². The SMILES string of the molecule is CN=C(NCCc1cccc2ccccc12)NC1CCS(=O)(=O)C1. The molecule has 0 saturated carbocycles. The first-order valence-corrected chi connectivity index (χ1v) is 10.0. The second-order valence-corrected chi connectivity index (χ2v) is 8.36. The van der Waals surface area contributed by atoms with Crippen LogP contribution in [0.1, 0.15) is 12.0 Å². The number of benzene rings is 2. The van der Waals surface area contributed by atoms with Gasteiger partial charge in [0.2, 0.25) is 0 Å². The van der Waals surface area contributed by atoms with Crippen molar-refractivity contribution in [2.75, 3.05) is 25.1 Å². The van der Waals surface area contributed by atoms with Gasteiger partial charge < -0.3 is 10.6 Å². The van der Waals surface area contributed by atoms with Crippen molar-refractivity contribution in [1.29, 1.82) is 0 Å². The van der Waals surface area contributed by atoms with Gasteiger partial charge >= 0.3 is 0 Å². The summed E-state index contributed by atoms with van der Waals surface area (Å²) in [6.45, 7) is 0.743. The summed E-state index contributed by atoms with van der Waals surface area (Å²) >= 11 is 0. The van der Waals surface area contributed by atoms with Crippen molar-refractivity contribution in [2.24, 2.45) is 4.99 Å². The fourth-order valence-electron chi connectivity index (χ4n) is 3.12. The summed E-state index contributed by atoms with van der Waals surface area (Å²) in [6, 6.07) is 14.7. The number of hydrogen-bond donors (Lipinski definition) is 2. The molecule has 0 bridgehead atoms. The average molecular weight is 345 g/mol. The summed E-state index contributed by atoms with van der Waals surface area (Å²) in [5.41, 5.74) is 1.29. The number of nitrogens with one attached hydrogen (secondary N) is 2. The standard InChI is InChI=1S/C18H23N3O2S/c1-19-18(21-16-10-12-24(22,23)13-16)20-11-9-15-7-4-6-14-5-2-3-8-17(14)15/h2-8,16H,9-13H2,1H3,(H2,19,20,21). The Balaban J connectivity index is 1.56. The molecule has 3 rings (SSSR count). The molecule has 1 unspecified atom stereocenters. The van der Waals surface area contributed by atoms with Crippen LogP contribution in [-0.4, -0.2) is 45.5 Å². The van der Waals surface area contributed by atoms with Gasteiger partial charge in [-0.1, -0.05) is 42.5 Å². The second kappa shape index (κ2) is 7.21. The maximum Gasteiger partial charge on any atom is 0.191 e. The molecule has 1 aliphatic heterocycles. The highest BCUT2D eigenvalue weighted by Gasteiger charge is 2.28. The van der Waals surface area contributed by atoms with E-state index in [4.69, 9.17) is 0 Å². The van der Waals surface area contributed by atoms with E-state index in [0.29, 0.717) is 12.4 Å². The maximum atomic E-state index is 11.5. The zero-order chi connectivity index (χ0) is 17.0. The van der Waals surface area contributed by atoms with E-state index in [1.165, 1.54) is 16.3 Å². The number of guanidine groups is 1. The number of sulfone groups is 1. The van der Waals surface area contributed by atoms with Gasteiger partial charge in [-0.3, -0.25) is 4.99 Å². The Bertz CT molecular complexity index is 841.